The number of fused-ring (bicyclic) bond motifs is 2. The topological polar surface area (TPSA) is 172 Å². The summed E-state index contributed by atoms with van der Waals surface area (Å²) in [7, 11) is 0.722. The molecule has 8 rings (SSSR count). The summed E-state index contributed by atoms with van der Waals surface area (Å²) in [4.78, 5) is 87.5. The van der Waals surface area contributed by atoms with E-state index in [4.69, 9.17) is 9.47 Å². The number of likely N-dealkylation sites (tertiary alicyclic amines) is 2. The van der Waals surface area contributed by atoms with Crippen molar-refractivity contribution in [3.8, 4) is 11.8 Å². The molecular weight excluding hydrogens is 855 g/mol. The van der Waals surface area contributed by atoms with Crippen molar-refractivity contribution in [1.29, 1.82) is 0 Å². The molecule has 4 amide bonds. The van der Waals surface area contributed by atoms with E-state index in [-0.39, 0.29) is 61.4 Å². The Kier molecular flexibility index (Phi) is 13.5. The number of pyridine rings is 1. The summed E-state index contributed by atoms with van der Waals surface area (Å²) in [5.74, 6) is 6.70. The fourth-order valence-electron chi connectivity index (χ4n) is 9.17. The molecule has 1 aromatic carbocycles. The molecule has 0 bridgehead atoms. The summed E-state index contributed by atoms with van der Waals surface area (Å²) in [6.07, 6.45) is 9.17. The number of anilines is 2. The molecule has 3 aromatic heterocycles. The van der Waals surface area contributed by atoms with Gasteiger partial charge in [0.15, 0.2) is 0 Å². The van der Waals surface area contributed by atoms with Crippen molar-refractivity contribution in [3.05, 3.63) is 77.0 Å². The van der Waals surface area contributed by atoms with Crippen LogP contribution in [0.15, 0.2) is 48.9 Å². The number of nitrogens with one attached hydrogen (secondary N) is 1. The van der Waals surface area contributed by atoms with Gasteiger partial charge in [0.1, 0.15) is 35.7 Å². The van der Waals surface area contributed by atoms with E-state index in [1.165, 1.54) is 11.1 Å². The molecule has 1 N–H and O–H groups in total. The normalized spacial score (nSPS) is 19.6. The summed E-state index contributed by atoms with van der Waals surface area (Å²) < 4.78 is 13.2. The predicted octanol–water partition coefficient (Wildman–Crippen LogP) is 7.07. The first-order valence-corrected chi connectivity index (χ1v) is 26.8. The Morgan fingerprint density at radius 3 is 2.42 bits per heavy atom. The van der Waals surface area contributed by atoms with Crippen molar-refractivity contribution in [2.45, 2.75) is 116 Å². The highest BCUT2D eigenvalue weighted by atomic mass is 28.3. The van der Waals surface area contributed by atoms with E-state index in [1.807, 2.05) is 39.0 Å². The molecule has 3 fully saturated rings. The van der Waals surface area contributed by atoms with Crippen LogP contribution in [0.5, 0.6) is 0 Å². The van der Waals surface area contributed by atoms with Crippen LogP contribution in [-0.2, 0) is 25.6 Å². The van der Waals surface area contributed by atoms with Gasteiger partial charge in [0.25, 0.3) is 17.7 Å². The third-order valence-electron chi connectivity index (χ3n) is 12.9. The fraction of sp³-hybridized carbons (Fsp3) is 0.510. The first-order valence-electron chi connectivity index (χ1n) is 23.1. The lowest BCUT2D eigenvalue weighted by molar-refractivity contribution is -0.158. The van der Waals surface area contributed by atoms with Crippen LogP contribution >= 0.6 is 0 Å². The highest BCUT2D eigenvalue weighted by molar-refractivity contribution is 6.76. The first kappa shape index (κ1) is 46.6. The Labute approximate surface area is 387 Å². The molecule has 0 aliphatic carbocycles. The van der Waals surface area contributed by atoms with Gasteiger partial charge in [-0.15, -0.1) is 0 Å². The number of piperidine rings is 2. The van der Waals surface area contributed by atoms with Crippen molar-refractivity contribution in [2.75, 3.05) is 50.2 Å². The van der Waals surface area contributed by atoms with Gasteiger partial charge in [-0.25, -0.2) is 24.3 Å². The maximum Gasteiger partial charge on any atom is 0.419 e. The van der Waals surface area contributed by atoms with Crippen LogP contribution < -0.4 is 10.2 Å². The number of rotatable bonds is 11. The van der Waals surface area contributed by atoms with Gasteiger partial charge in [-0.3, -0.25) is 29.0 Å². The summed E-state index contributed by atoms with van der Waals surface area (Å²) in [5, 5.41) is 3.61. The summed E-state index contributed by atoms with van der Waals surface area (Å²) in [5.41, 5.74) is 3.02. The molecule has 4 aliphatic heterocycles. The van der Waals surface area contributed by atoms with Crippen molar-refractivity contribution < 1.29 is 33.4 Å². The maximum atomic E-state index is 13.6. The number of carbonyl (C=O) groups excluding carboxylic acids is 5. The summed E-state index contributed by atoms with van der Waals surface area (Å²) in [6.45, 7) is 15.4. The largest absolute Gasteiger partial charge is 0.443 e. The van der Waals surface area contributed by atoms with Gasteiger partial charge in [-0.1, -0.05) is 37.5 Å². The zero-order chi connectivity index (χ0) is 46.9. The van der Waals surface area contributed by atoms with E-state index in [1.54, 1.807) is 34.0 Å². The minimum Gasteiger partial charge on any atom is -0.443 e. The van der Waals surface area contributed by atoms with Gasteiger partial charge < -0.3 is 24.6 Å². The van der Waals surface area contributed by atoms with E-state index in [9.17, 15) is 24.0 Å². The monoisotopic (exact) mass is 915 g/mol. The Bertz CT molecular complexity index is 2580. The maximum absolute atomic E-state index is 13.6. The Morgan fingerprint density at radius 2 is 1.73 bits per heavy atom. The number of carbonyl (C=O) groups is 5. The predicted molar refractivity (Wildman–Crippen MR) is 253 cm³/mol. The molecule has 348 valence electrons. The molecule has 17 heteroatoms. The molecule has 7 heterocycles. The zero-order valence-electron chi connectivity index (χ0n) is 39.2. The number of hydrogen-bond acceptors (Lipinski definition) is 12. The van der Waals surface area contributed by atoms with E-state index in [2.05, 4.69) is 68.6 Å². The first-order chi connectivity index (χ1) is 31.4. The van der Waals surface area contributed by atoms with E-state index in [0.717, 1.165) is 73.6 Å². The quantitative estimate of drug-likeness (QED) is 0.0703. The number of nitrogens with zero attached hydrogens (tertiary/aromatic N) is 8. The van der Waals surface area contributed by atoms with Gasteiger partial charge in [-0.05, 0) is 102 Å². The van der Waals surface area contributed by atoms with Crippen molar-refractivity contribution in [3.63, 3.8) is 0 Å². The van der Waals surface area contributed by atoms with Crippen LogP contribution in [0.3, 0.4) is 0 Å². The number of imide groups is 1. The lowest BCUT2D eigenvalue weighted by atomic mass is 9.93. The second-order valence-electron chi connectivity index (χ2n) is 20.1. The molecule has 0 radical (unpaired) electrons. The zero-order valence-corrected chi connectivity index (χ0v) is 40.2. The third-order valence-corrected chi connectivity index (χ3v) is 14.6. The summed E-state index contributed by atoms with van der Waals surface area (Å²) in [6, 6.07) is 9.47. The Morgan fingerprint density at radius 1 is 0.939 bits per heavy atom. The van der Waals surface area contributed by atoms with Crippen molar-refractivity contribution >= 4 is 60.3 Å². The van der Waals surface area contributed by atoms with Crippen molar-refractivity contribution in [2.24, 2.45) is 5.92 Å². The Balaban J connectivity index is 0.847. The highest BCUT2D eigenvalue weighted by Gasteiger charge is 2.43. The molecule has 4 aliphatic rings. The number of ether oxygens (including phenoxy) is 2. The molecule has 4 aromatic rings. The SMILES string of the molecule is CN1CCC[C@@H]1c1cc2cnc(NC(=O)c3cnc(N4CCC(CC#Cc5cccc6c5CN(C5CCC(=O)N(COCC[Si](C)(C)C)C5=O)C6=O)CC4)cn3)cc2n1C(=O)OC(C)(C)C. The van der Waals surface area contributed by atoms with Crippen molar-refractivity contribution in [1.82, 2.24) is 34.2 Å². The number of hydrogen-bond donors (Lipinski definition) is 1. The van der Waals surface area contributed by atoms with Crippen LogP contribution in [0.1, 0.15) is 109 Å². The van der Waals surface area contributed by atoms with Gasteiger partial charge in [-0.2, -0.15) is 0 Å². The molecule has 16 nitrogen and oxygen atoms in total. The minimum atomic E-state index is -1.33. The van der Waals surface area contributed by atoms with Gasteiger partial charge >= 0.3 is 6.09 Å². The highest BCUT2D eigenvalue weighted by Crippen LogP contribution is 2.36. The van der Waals surface area contributed by atoms with E-state index >= 15 is 0 Å². The second-order valence-corrected chi connectivity index (χ2v) is 25.8. The van der Waals surface area contributed by atoms with Crippen LogP contribution in [0.4, 0.5) is 16.4 Å². The van der Waals surface area contributed by atoms with Crippen LogP contribution in [0.2, 0.25) is 25.7 Å². The molecular formula is C49H61N9O7Si. The van der Waals surface area contributed by atoms with E-state index in [0.29, 0.717) is 35.8 Å². The molecule has 66 heavy (non-hydrogen) atoms. The van der Waals surface area contributed by atoms with Gasteiger partial charge in [0, 0.05) is 81.6 Å². The smallest absolute Gasteiger partial charge is 0.419 e. The lowest BCUT2D eigenvalue weighted by Crippen LogP contribution is -2.55. The average molecular weight is 916 g/mol. The second kappa shape index (κ2) is 19.1. The molecule has 1 unspecified atom stereocenters. The standard InChI is InChI=1S/C49H61N9O7Si/c1-49(2,3)65-48(63)58-40-26-42(51-27-34(40)25-41(58)38-15-10-20-54(38)4)53-45(60)37-28-52-43(29-50-37)55-21-18-32(19-22-55)11-8-12-33-13-9-14-35-36(33)30-56(46(35)61)39-16-17-44(59)57(47(39)62)31-64-23-24-66(5,6)7/h9,13-14,25-29,32,38-39H,10-11,15-24,30-31H2,1-7H3,(H,51,53,60)/t38-,39?/m1/s1. The average Bonchev–Trinajstić information content (AvgIpc) is 3.97. The van der Waals surface area contributed by atoms with Crippen LogP contribution in [0, 0.1) is 17.8 Å². The molecule has 0 spiro atoms. The molecule has 0 saturated carbocycles. The van der Waals surface area contributed by atoms with Gasteiger partial charge in [0.2, 0.25) is 5.91 Å². The number of aromatic nitrogens is 4. The summed E-state index contributed by atoms with van der Waals surface area (Å²) >= 11 is 0. The third kappa shape index (κ3) is 10.4. The Hall–Kier alpha value is -5.96. The number of benzene rings is 1. The molecule has 2 atom stereocenters. The molecule has 3 saturated heterocycles. The van der Waals surface area contributed by atoms with Gasteiger partial charge in [0.05, 0.1) is 24.0 Å². The van der Waals surface area contributed by atoms with Crippen LogP contribution in [0.25, 0.3) is 10.9 Å². The minimum absolute atomic E-state index is 0.0554. The van der Waals surface area contributed by atoms with E-state index < -0.39 is 31.7 Å². The van der Waals surface area contributed by atoms with Crippen LogP contribution in [-0.4, -0.2) is 124 Å². The lowest BCUT2D eigenvalue weighted by Gasteiger charge is -2.35. The number of amides is 4. The fourth-order valence-corrected chi connectivity index (χ4v) is 9.93.